The molecule has 3 aromatic carbocycles. The SMILES string of the molecule is CC(C)c1ccccc1-c1cccc(C(=N)OC(=N)Cc2ccc(-c3nc(C(F)(F)F)cn3C(C)C)cc2)c1F. The molecule has 40 heavy (non-hydrogen) atoms. The van der Waals surface area contributed by atoms with Crippen LogP contribution in [0.1, 0.15) is 62.0 Å². The van der Waals surface area contributed by atoms with Gasteiger partial charge in [-0.15, -0.1) is 0 Å². The first-order valence-electron chi connectivity index (χ1n) is 12.8. The molecule has 2 N–H and O–H groups in total. The first-order valence-corrected chi connectivity index (χ1v) is 12.8. The molecule has 208 valence electrons. The zero-order valence-electron chi connectivity index (χ0n) is 22.6. The number of hydrogen-bond donors (Lipinski definition) is 2. The maximum Gasteiger partial charge on any atom is 0.434 e. The summed E-state index contributed by atoms with van der Waals surface area (Å²) in [5.74, 6) is -0.991. The molecule has 0 amide bonds. The highest BCUT2D eigenvalue weighted by atomic mass is 19.4. The Morgan fingerprint density at radius 1 is 0.900 bits per heavy atom. The summed E-state index contributed by atoms with van der Waals surface area (Å²) in [5, 5.41) is 16.6. The number of rotatable bonds is 7. The summed E-state index contributed by atoms with van der Waals surface area (Å²) in [6.45, 7) is 7.60. The van der Waals surface area contributed by atoms with Crippen LogP contribution in [0.3, 0.4) is 0 Å². The van der Waals surface area contributed by atoms with Crippen molar-refractivity contribution in [2.75, 3.05) is 0 Å². The van der Waals surface area contributed by atoms with E-state index in [2.05, 4.69) is 4.98 Å². The Morgan fingerprint density at radius 2 is 1.55 bits per heavy atom. The Kier molecular flexibility index (Phi) is 8.23. The number of aromatic nitrogens is 2. The summed E-state index contributed by atoms with van der Waals surface area (Å²) in [6, 6.07) is 18.6. The Hall–Kier alpha value is -4.27. The van der Waals surface area contributed by atoms with E-state index in [1.54, 1.807) is 50.2 Å². The van der Waals surface area contributed by atoms with Gasteiger partial charge < -0.3 is 9.30 Å². The van der Waals surface area contributed by atoms with Crippen molar-refractivity contribution in [3.8, 4) is 22.5 Å². The number of nitrogens with one attached hydrogen (secondary N) is 2. The predicted molar refractivity (Wildman–Crippen MR) is 148 cm³/mol. The van der Waals surface area contributed by atoms with E-state index in [0.717, 1.165) is 17.3 Å². The lowest BCUT2D eigenvalue weighted by Gasteiger charge is -2.15. The standard InChI is InChI=1S/C31H30F4N4O/c1-18(2)22-8-5-6-9-23(22)24-10-7-11-25(28(24)32)29(37)40-27(36)16-20-12-14-21(15-13-20)30-38-26(31(33,34)35)17-39(30)19(3)4/h5-15,17-19,36-37H,16H2,1-4H3. The molecule has 0 bridgehead atoms. The van der Waals surface area contributed by atoms with Crippen LogP contribution >= 0.6 is 0 Å². The Labute approximate surface area is 230 Å². The Balaban J connectivity index is 1.49. The fourth-order valence-corrected chi connectivity index (χ4v) is 4.47. The van der Waals surface area contributed by atoms with Crippen molar-refractivity contribution in [3.63, 3.8) is 0 Å². The van der Waals surface area contributed by atoms with Crippen molar-refractivity contribution in [2.24, 2.45) is 0 Å². The molecule has 0 saturated heterocycles. The minimum atomic E-state index is -4.55. The van der Waals surface area contributed by atoms with Gasteiger partial charge in [0.15, 0.2) is 11.6 Å². The second kappa shape index (κ2) is 11.5. The van der Waals surface area contributed by atoms with Gasteiger partial charge in [0.1, 0.15) is 11.6 Å². The van der Waals surface area contributed by atoms with Gasteiger partial charge in [-0.05, 0) is 42.5 Å². The molecular formula is C31H30F4N4O. The van der Waals surface area contributed by atoms with Crippen molar-refractivity contribution in [1.82, 2.24) is 9.55 Å². The van der Waals surface area contributed by atoms with E-state index in [0.29, 0.717) is 16.7 Å². The quantitative estimate of drug-likeness (QED) is 0.137. The van der Waals surface area contributed by atoms with E-state index in [1.807, 2.05) is 38.1 Å². The first-order chi connectivity index (χ1) is 18.9. The maximum absolute atomic E-state index is 15.5. The molecular weight excluding hydrogens is 520 g/mol. The Morgan fingerprint density at radius 3 is 2.17 bits per heavy atom. The largest absolute Gasteiger partial charge is 0.434 e. The average molecular weight is 551 g/mol. The van der Waals surface area contributed by atoms with Crippen LogP contribution in [0.2, 0.25) is 0 Å². The zero-order valence-corrected chi connectivity index (χ0v) is 22.6. The molecule has 1 heterocycles. The number of imidazole rings is 1. The minimum absolute atomic E-state index is 0.00652. The number of ether oxygens (including phenoxy) is 1. The highest BCUT2D eigenvalue weighted by molar-refractivity contribution is 6.00. The predicted octanol–water partition coefficient (Wildman–Crippen LogP) is 8.64. The summed E-state index contributed by atoms with van der Waals surface area (Å²) in [4.78, 5) is 3.80. The van der Waals surface area contributed by atoms with Gasteiger partial charge in [0, 0.05) is 29.8 Å². The zero-order chi connectivity index (χ0) is 29.2. The average Bonchev–Trinajstić information content (AvgIpc) is 3.36. The van der Waals surface area contributed by atoms with Gasteiger partial charge in [-0.2, -0.15) is 13.2 Å². The number of nitrogens with zero attached hydrogens (tertiary/aromatic N) is 2. The normalized spacial score (nSPS) is 11.8. The molecule has 0 radical (unpaired) electrons. The summed E-state index contributed by atoms with van der Waals surface area (Å²) in [5.41, 5.74) is 2.18. The molecule has 0 fully saturated rings. The number of halogens is 4. The molecule has 0 atom stereocenters. The van der Waals surface area contributed by atoms with Crippen molar-refractivity contribution >= 4 is 11.8 Å². The first kappa shape index (κ1) is 28.7. The molecule has 4 aromatic rings. The van der Waals surface area contributed by atoms with Crippen molar-refractivity contribution in [2.45, 2.75) is 52.3 Å². The second-order valence-electron chi connectivity index (χ2n) is 10.1. The van der Waals surface area contributed by atoms with E-state index < -0.39 is 23.6 Å². The summed E-state index contributed by atoms with van der Waals surface area (Å²) < 4.78 is 62.0. The maximum atomic E-state index is 15.5. The van der Waals surface area contributed by atoms with E-state index in [9.17, 15) is 13.2 Å². The van der Waals surface area contributed by atoms with Crippen LogP contribution in [0.4, 0.5) is 17.6 Å². The van der Waals surface area contributed by atoms with Gasteiger partial charge in [-0.25, -0.2) is 9.37 Å². The van der Waals surface area contributed by atoms with Crippen molar-refractivity contribution in [1.29, 1.82) is 10.8 Å². The van der Waals surface area contributed by atoms with Crippen LogP contribution in [0.5, 0.6) is 0 Å². The van der Waals surface area contributed by atoms with Gasteiger partial charge in [-0.1, -0.05) is 74.5 Å². The van der Waals surface area contributed by atoms with E-state index in [4.69, 9.17) is 15.6 Å². The summed E-state index contributed by atoms with van der Waals surface area (Å²) in [7, 11) is 0. The molecule has 0 spiro atoms. The molecule has 0 aliphatic rings. The van der Waals surface area contributed by atoms with Gasteiger partial charge in [0.2, 0.25) is 5.90 Å². The topological polar surface area (TPSA) is 74.8 Å². The van der Waals surface area contributed by atoms with Gasteiger partial charge >= 0.3 is 6.18 Å². The van der Waals surface area contributed by atoms with Crippen LogP contribution in [-0.4, -0.2) is 21.3 Å². The van der Waals surface area contributed by atoms with Crippen LogP contribution in [0, 0.1) is 16.6 Å². The van der Waals surface area contributed by atoms with Crippen LogP contribution < -0.4 is 0 Å². The van der Waals surface area contributed by atoms with Crippen molar-refractivity contribution < 1.29 is 22.3 Å². The van der Waals surface area contributed by atoms with Gasteiger partial charge in [-0.3, -0.25) is 10.8 Å². The van der Waals surface area contributed by atoms with Crippen molar-refractivity contribution in [3.05, 3.63) is 101 Å². The third kappa shape index (κ3) is 6.14. The monoisotopic (exact) mass is 550 g/mol. The molecule has 0 unspecified atom stereocenters. The van der Waals surface area contributed by atoms with E-state index in [-0.39, 0.29) is 35.7 Å². The highest BCUT2D eigenvalue weighted by Gasteiger charge is 2.35. The lowest BCUT2D eigenvalue weighted by molar-refractivity contribution is -0.140. The second-order valence-corrected chi connectivity index (χ2v) is 10.1. The fourth-order valence-electron chi connectivity index (χ4n) is 4.47. The number of hydrogen-bond acceptors (Lipinski definition) is 4. The molecule has 9 heteroatoms. The van der Waals surface area contributed by atoms with E-state index >= 15 is 4.39 Å². The molecule has 5 nitrogen and oxygen atoms in total. The van der Waals surface area contributed by atoms with Crippen LogP contribution in [0.25, 0.3) is 22.5 Å². The van der Waals surface area contributed by atoms with Gasteiger partial charge in [0.25, 0.3) is 0 Å². The third-order valence-electron chi connectivity index (χ3n) is 6.50. The van der Waals surface area contributed by atoms with E-state index in [1.165, 1.54) is 10.6 Å². The van der Waals surface area contributed by atoms with Crippen LogP contribution in [0.15, 0.2) is 72.9 Å². The summed E-state index contributed by atoms with van der Waals surface area (Å²) >= 11 is 0. The summed E-state index contributed by atoms with van der Waals surface area (Å²) in [6.07, 6.45) is -3.55. The lowest BCUT2D eigenvalue weighted by atomic mass is 9.91. The van der Waals surface area contributed by atoms with Crippen LogP contribution in [-0.2, 0) is 17.3 Å². The fraction of sp³-hybridized carbons (Fsp3) is 0.258. The molecule has 0 aliphatic heterocycles. The number of benzene rings is 3. The lowest BCUT2D eigenvalue weighted by Crippen LogP contribution is -2.15. The number of alkyl halides is 3. The Bertz CT molecular complexity index is 1540. The highest BCUT2D eigenvalue weighted by Crippen LogP contribution is 2.34. The molecule has 0 aliphatic carbocycles. The molecule has 1 aromatic heterocycles. The molecule has 4 rings (SSSR count). The molecule has 0 saturated carbocycles. The minimum Gasteiger partial charge on any atom is -0.425 e. The van der Waals surface area contributed by atoms with Gasteiger partial charge in [0.05, 0.1) is 5.56 Å². The smallest absolute Gasteiger partial charge is 0.425 e. The third-order valence-corrected chi connectivity index (χ3v) is 6.50.